The molecule has 0 heterocycles. The minimum Gasteiger partial charge on any atom is -0.490 e. The molecule has 0 radical (unpaired) electrons. The fourth-order valence-corrected chi connectivity index (χ4v) is 3.15. The number of nitrogens with one attached hydrogen (secondary N) is 1. The van der Waals surface area contributed by atoms with Crippen LogP contribution in [-0.2, 0) is 0 Å². The number of carbonyl (C=O) groups is 1. The lowest BCUT2D eigenvalue weighted by Crippen LogP contribution is -2.26. The van der Waals surface area contributed by atoms with Gasteiger partial charge in [-0.1, -0.05) is 48.5 Å². The van der Waals surface area contributed by atoms with E-state index >= 15 is 0 Å². The number of rotatable bonds is 8. The van der Waals surface area contributed by atoms with Gasteiger partial charge in [0, 0.05) is 5.56 Å². The minimum atomic E-state index is -0.161. The monoisotopic (exact) mass is 389 g/mol. The summed E-state index contributed by atoms with van der Waals surface area (Å²) in [4.78, 5) is 12.7. The van der Waals surface area contributed by atoms with Crippen molar-refractivity contribution in [1.29, 1.82) is 0 Å². The van der Waals surface area contributed by atoms with E-state index < -0.39 is 0 Å². The third-order valence-corrected chi connectivity index (χ3v) is 4.67. The highest BCUT2D eigenvalue weighted by Gasteiger charge is 2.14. The highest BCUT2D eigenvalue weighted by Crippen LogP contribution is 2.31. The second kappa shape index (κ2) is 9.78. The van der Waals surface area contributed by atoms with Gasteiger partial charge in [0.15, 0.2) is 11.5 Å². The van der Waals surface area contributed by atoms with Gasteiger partial charge in [-0.15, -0.1) is 0 Å². The predicted molar refractivity (Wildman–Crippen MR) is 117 cm³/mol. The Morgan fingerprint density at radius 1 is 0.828 bits per heavy atom. The van der Waals surface area contributed by atoms with E-state index in [1.54, 1.807) is 0 Å². The summed E-state index contributed by atoms with van der Waals surface area (Å²) in [7, 11) is 0. The summed E-state index contributed by atoms with van der Waals surface area (Å²) in [5, 5.41) is 3.06. The van der Waals surface area contributed by atoms with Gasteiger partial charge in [-0.25, -0.2) is 0 Å². The van der Waals surface area contributed by atoms with Crippen molar-refractivity contribution < 1.29 is 14.3 Å². The van der Waals surface area contributed by atoms with Crippen LogP contribution in [0.2, 0.25) is 0 Å². The van der Waals surface area contributed by atoms with Crippen molar-refractivity contribution in [2.75, 3.05) is 13.2 Å². The SMILES string of the molecule is CCOc1ccc([C@@H](C)NC(=O)c2ccc(-c3ccccc3)cc2)cc1OCC. The third-order valence-electron chi connectivity index (χ3n) is 4.67. The zero-order valence-corrected chi connectivity index (χ0v) is 17.1. The maximum Gasteiger partial charge on any atom is 0.251 e. The van der Waals surface area contributed by atoms with E-state index in [0.717, 1.165) is 16.7 Å². The van der Waals surface area contributed by atoms with Crippen LogP contribution in [0.15, 0.2) is 72.8 Å². The standard InChI is InChI=1S/C25H27NO3/c1-4-28-23-16-15-22(17-24(23)29-5-2)18(3)26-25(27)21-13-11-20(12-14-21)19-9-7-6-8-10-19/h6-18H,4-5H2,1-3H3,(H,26,27)/t18-/m1/s1. The zero-order chi connectivity index (χ0) is 20.6. The van der Waals surface area contributed by atoms with Crippen LogP contribution in [0.3, 0.4) is 0 Å². The quantitative estimate of drug-likeness (QED) is 0.542. The molecular weight excluding hydrogens is 362 g/mol. The summed E-state index contributed by atoms with van der Waals surface area (Å²) in [6, 6.07) is 23.4. The van der Waals surface area contributed by atoms with Gasteiger partial charge in [0.25, 0.3) is 5.91 Å². The Bertz CT molecular complexity index is 936. The molecule has 3 rings (SSSR count). The molecule has 1 amide bonds. The van der Waals surface area contributed by atoms with E-state index in [9.17, 15) is 4.79 Å². The average Bonchev–Trinajstić information content (AvgIpc) is 2.76. The molecule has 0 aliphatic heterocycles. The van der Waals surface area contributed by atoms with Gasteiger partial charge in [-0.3, -0.25) is 4.79 Å². The number of hydrogen-bond acceptors (Lipinski definition) is 3. The van der Waals surface area contributed by atoms with E-state index in [0.29, 0.717) is 30.3 Å². The Balaban J connectivity index is 1.71. The first-order valence-corrected chi connectivity index (χ1v) is 9.98. The second-order valence-electron chi connectivity index (χ2n) is 6.71. The lowest BCUT2D eigenvalue weighted by molar-refractivity contribution is 0.0940. The summed E-state index contributed by atoms with van der Waals surface area (Å²) in [5.41, 5.74) is 3.81. The van der Waals surface area contributed by atoms with Crippen LogP contribution in [-0.4, -0.2) is 19.1 Å². The van der Waals surface area contributed by atoms with Gasteiger partial charge in [-0.05, 0) is 61.7 Å². The molecule has 1 N–H and O–H groups in total. The highest BCUT2D eigenvalue weighted by atomic mass is 16.5. The van der Waals surface area contributed by atoms with Gasteiger partial charge in [0.1, 0.15) is 0 Å². The van der Waals surface area contributed by atoms with E-state index in [4.69, 9.17) is 9.47 Å². The van der Waals surface area contributed by atoms with Crippen LogP contribution in [0.1, 0.15) is 42.7 Å². The molecule has 0 aromatic heterocycles. The van der Waals surface area contributed by atoms with E-state index in [2.05, 4.69) is 17.4 Å². The van der Waals surface area contributed by atoms with E-state index in [1.165, 1.54) is 0 Å². The van der Waals surface area contributed by atoms with Crippen LogP contribution in [0, 0.1) is 0 Å². The van der Waals surface area contributed by atoms with Crippen LogP contribution >= 0.6 is 0 Å². The van der Waals surface area contributed by atoms with Crippen molar-refractivity contribution in [3.63, 3.8) is 0 Å². The first-order valence-electron chi connectivity index (χ1n) is 9.98. The molecule has 4 heteroatoms. The molecule has 150 valence electrons. The Hall–Kier alpha value is -3.27. The number of benzene rings is 3. The van der Waals surface area contributed by atoms with Crippen LogP contribution in [0.5, 0.6) is 11.5 Å². The lowest BCUT2D eigenvalue weighted by Gasteiger charge is -2.17. The van der Waals surface area contributed by atoms with Crippen molar-refractivity contribution in [3.05, 3.63) is 83.9 Å². The maximum atomic E-state index is 12.7. The smallest absolute Gasteiger partial charge is 0.251 e. The molecule has 0 bridgehead atoms. The normalized spacial score (nSPS) is 11.6. The van der Waals surface area contributed by atoms with Gasteiger partial charge in [0.2, 0.25) is 0 Å². The van der Waals surface area contributed by atoms with Gasteiger partial charge in [0.05, 0.1) is 19.3 Å². The Morgan fingerprint density at radius 2 is 1.45 bits per heavy atom. The zero-order valence-electron chi connectivity index (χ0n) is 17.1. The van der Waals surface area contributed by atoms with E-state index in [-0.39, 0.29) is 11.9 Å². The Kier molecular flexibility index (Phi) is 6.90. The number of amides is 1. The van der Waals surface area contributed by atoms with Crippen LogP contribution < -0.4 is 14.8 Å². The molecule has 0 saturated carbocycles. The highest BCUT2D eigenvalue weighted by molar-refractivity contribution is 5.95. The summed E-state index contributed by atoms with van der Waals surface area (Å²) < 4.78 is 11.3. The average molecular weight is 389 g/mol. The first-order chi connectivity index (χ1) is 14.1. The molecule has 0 spiro atoms. The molecule has 3 aromatic carbocycles. The lowest BCUT2D eigenvalue weighted by atomic mass is 10.0. The molecular formula is C25H27NO3. The number of hydrogen-bond donors (Lipinski definition) is 1. The fraction of sp³-hybridized carbons (Fsp3) is 0.240. The van der Waals surface area contributed by atoms with Crippen LogP contribution in [0.25, 0.3) is 11.1 Å². The molecule has 4 nitrogen and oxygen atoms in total. The van der Waals surface area contributed by atoms with Crippen molar-refractivity contribution in [2.45, 2.75) is 26.8 Å². The van der Waals surface area contributed by atoms with Crippen molar-refractivity contribution in [3.8, 4) is 22.6 Å². The van der Waals surface area contributed by atoms with Gasteiger partial charge < -0.3 is 14.8 Å². The predicted octanol–water partition coefficient (Wildman–Crippen LogP) is 5.64. The fourth-order valence-electron chi connectivity index (χ4n) is 3.15. The summed E-state index contributed by atoms with van der Waals surface area (Å²) in [6.45, 7) is 6.96. The number of carbonyl (C=O) groups excluding carboxylic acids is 1. The molecule has 0 aliphatic rings. The summed E-state index contributed by atoms with van der Waals surface area (Å²) >= 11 is 0. The maximum absolute atomic E-state index is 12.7. The summed E-state index contributed by atoms with van der Waals surface area (Å²) in [5.74, 6) is 1.30. The van der Waals surface area contributed by atoms with Gasteiger partial charge in [-0.2, -0.15) is 0 Å². The van der Waals surface area contributed by atoms with Crippen molar-refractivity contribution >= 4 is 5.91 Å². The molecule has 29 heavy (non-hydrogen) atoms. The molecule has 0 fully saturated rings. The topological polar surface area (TPSA) is 47.6 Å². The second-order valence-corrected chi connectivity index (χ2v) is 6.71. The first kappa shape index (κ1) is 20.5. The minimum absolute atomic E-state index is 0.107. The van der Waals surface area contributed by atoms with Crippen LogP contribution in [0.4, 0.5) is 0 Å². The Labute approximate surface area is 172 Å². The molecule has 3 aromatic rings. The molecule has 0 aliphatic carbocycles. The van der Waals surface area contributed by atoms with E-state index in [1.807, 2.05) is 81.4 Å². The molecule has 0 saturated heterocycles. The van der Waals surface area contributed by atoms with Crippen molar-refractivity contribution in [1.82, 2.24) is 5.32 Å². The third kappa shape index (κ3) is 5.17. The molecule has 1 atom stereocenters. The number of ether oxygens (including phenoxy) is 2. The summed E-state index contributed by atoms with van der Waals surface area (Å²) in [6.07, 6.45) is 0. The van der Waals surface area contributed by atoms with Gasteiger partial charge >= 0.3 is 0 Å². The largest absolute Gasteiger partial charge is 0.490 e. The molecule has 0 unspecified atom stereocenters. The Morgan fingerprint density at radius 3 is 2.10 bits per heavy atom. The van der Waals surface area contributed by atoms with Crippen molar-refractivity contribution in [2.24, 2.45) is 0 Å².